The lowest BCUT2D eigenvalue weighted by molar-refractivity contribution is -0.121. The lowest BCUT2D eigenvalue weighted by Gasteiger charge is -2.18. The van der Waals surface area contributed by atoms with E-state index in [-0.39, 0.29) is 29.8 Å². The predicted octanol–water partition coefficient (Wildman–Crippen LogP) is 0.503. The summed E-state index contributed by atoms with van der Waals surface area (Å²) in [7, 11) is 3.48. The molecule has 1 aromatic heterocycles. The third-order valence-corrected chi connectivity index (χ3v) is 5.09. The molecule has 0 bridgehead atoms. The molecule has 0 unspecified atom stereocenters. The Hall–Kier alpha value is -3.77. The second kappa shape index (κ2) is 13.7. The first kappa shape index (κ1) is 28.3. The fourth-order valence-electron chi connectivity index (χ4n) is 3.36. The van der Waals surface area contributed by atoms with Gasteiger partial charge in [0.1, 0.15) is 5.75 Å². The third kappa shape index (κ3) is 7.39. The Bertz CT molecular complexity index is 1080. The number of ether oxygens (including phenoxy) is 1. The van der Waals surface area contributed by atoms with Crippen molar-refractivity contribution in [3.8, 4) is 16.9 Å². The molecule has 0 aliphatic heterocycles. The van der Waals surface area contributed by atoms with Crippen molar-refractivity contribution in [2.45, 2.75) is 25.8 Å². The van der Waals surface area contributed by atoms with Crippen LogP contribution >= 0.6 is 0 Å². The van der Waals surface area contributed by atoms with Crippen molar-refractivity contribution < 1.29 is 19.8 Å². The molecule has 0 saturated heterocycles. The highest BCUT2D eigenvalue weighted by molar-refractivity contribution is 5.96. The van der Waals surface area contributed by atoms with Gasteiger partial charge in [0.15, 0.2) is 0 Å². The Morgan fingerprint density at radius 1 is 1.15 bits per heavy atom. The van der Waals surface area contributed by atoms with Crippen LogP contribution in [0.4, 0.5) is 0 Å². The Balaban J connectivity index is 0.00000188. The van der Waals surface area contributed by atoms with Gasteiger partial charge in [0, 0.05) is 30.8 Å². The number of aromatic nitrogens is 2. The molecule has 0 radical (unpaired) electrons. The van der Waals surface area contributed by atoms with Crippen molar-refractivity contribution in [1.82, 2.24) is 20.5 Å². The molecule has 0 fully saturated rings. The van der Waals surface area contributed by atoms with Crippen LogP contribution in [0, 0.1) is 0 Å². The Kier molecular flexibility index (Phi) is 11.4. The number of nitrogens with one attached hydrogen (secondary N) is 2. The first-order valence-corrected chi connectivity index (χ1v) is 10.3. The number of aryl methyl sites for hydroxylation is 2. The van der Waals surface area contributed by atoms with Gasteiger partial charge in [-0.2, -0.15) is 5.10 Å². The zero-order valence-corrected chi connectivity index (χ0v) is 19.5. The van der Waals surface area contributed by atoms with Gasteiger partial charge in [0.2, 0.25) is 5.91 Å². The molecule has 0 aliphatic carbocycles. The van der Waals surface area contributed by atoms with Crippen molar-refractivity contribution in [2.24, 2.45) is 24.6 Å². The highest BCUT2D eigenvalue weighted by Gasteiger charge is 2.17. The van der Waals surface area contributed by atoms with Gasteiger partial charge in [0.05, 0.1) is 19.3 Å². The maximum Gasteiger partial charge on any atom is 0.252 e. The van der Waals surface area contributed by atoms with E-state index in [1.807, 2.05) is 50.5 Å². The van der Waals surface area contributed by atoms with Gasteiger partial charge >= 0.3 is 0 Å². The van der Waals surface area contributed by atoms with Crippen molar-refractivity contribution in [3.63, 3.8) is 0 Å². The van der Waals surface area contributed by atoms with Crippen LogP contribution in [0.5, 0.6) is 5.75 Å². The summed E-state index contributed by atoms with van der Waals surface area (Å²) >= 11 is 0. The first-order valence-electron chi connectivity index (χ1n) is 10.3. The summed E-state index contributed by atoms with van der Waals surface area (Å²) in [5.41, 5.74) is 6.26. The van der Waals surface area contributed by atoms with Gasteiger partial charge in [-0.15, -0.1) is 0 Å². The average molecular weight is 472 g/mol. The number of benzene rings is 2. The summed E-state index contributed by atoms with van der Waals surface area (Å²) in [5.74, 6) is 13.4. The second-order valence-corrected chi connectivity index (χ2v) is 7.32. The van der Waals surface area contributed by atoms with E-state index in [4.69, 9.17) is 10.6 Å². The number of nitrogens with zero attached hydrogens (tertiary/aromatic N) is 2. The maximum atomic E-state index is 13.0. The van der Waals surface area contributed by atoms with Crippen LogP contribution in [0.1, 0.15) is 40.9 Å². The van der Waals surface area contributed by atoms with E-state index in [1.54, 1.807) is 30.1 Å². The number of carbonyl (C=O) groups is 2. The first-order chi connectivity index (χ1) is 15.9. The summed E-state index contributed by atoms with van der Waals surface area (Å²) in [6, 6.07) is 12.8. The smallest absolute Gasteiger partial charge is 0.252 e. The second-order valence-electron chi connectivity index (χ2n) is 7.32. The quantitative estimate of drug-likeness (QED) is 0.179. The van der Waals surface area contributed by atoms with E-state index in [9.17, 15) is 9.59 Å². The minimum atomic E-state index is -0.275. The van der Waals surface area contributed by atoms with Gasteiger partial charge in [-0.05, 0) is 54.3 Å². The maximum absolute atomic E-state index is 13.0. The Labute approximate surface area is 198 Å². The number of rotatable bonds is 8. The van der Waals surface area contributed by atoms with E-state index >= 15 is 0 Å². The summed E-state index contributed by atoms with van der Waals surface area (Å²) in [6.45, 7) is 1.92. The minimum absolute atomic E-state index is 0. The molecule has 1 atom stereocenters. The number of amides is 2. The average Bonchev–Trinajstić information content (AvgIpc) is 3.29. The molecular weight excluding hydrogens is 438 g/mol. The molecule has 0 aliphatic rings. The molecule has 0 spiro atoms. The molecule has 0 saturated carbocycles. The van der Waals surface area contributed by atoms with Crippen molar-refractivity contribution in [3.05, 3.63) is 71.5 Å². The predicted molar refractivity (Wildman–Crippen MR) is 130 cm³/mol. The highest BCUT2D eigenvalue weighted by atomic mass is 16.5. The van der Waals surface area contributed by atoms with Crippen LogP contribution in [0.2, 0.25) is 0 Å². The molecule has 3 aromatic rings. The van der Waals surface area contributed by atoms with Crippen LogP contribution in [-0.4, -0.2) is 34.2 Å². The lowest BCUT2D eigenvalue weighted by Crippen LogP contribution is -2.30. The Morgan fingerprint density at radius 3 is 2.47 bits per heavy atom. The zero-order valence-electron chi connectivity index (χ0n) is 19.5. The highest BCUT2D eigenvalue weighted by Crippen LogP contribution is 2.29. The number of nitrogens with two attached hydrogens (primary N) is 3. The van der Waals surface area contributed by atoms with E-state index in [0.717, 1.165) is 22.3 Å². The summed E-state index contributed by atoms with van der Waals surface area (Å²) < 4.78 is 7.20. The number of hydrazine groups is 2. The topological polar surface area (TPSA) is 195 Å². The molecule has 34 heavy (non-hydrogen) atoms. The van der Waals surface area contributed by atoms with Gasteiger partial charge in [0.25, 0.3) is 5.91 Å². The van der Waals surface area contributed by atoms with Gasteiger partial charge < -0.3 is 15.5 Å². The van der Waals surface area contributed by atoms with Crippen molar-refractivity contribution in [1.29, 1.82) is 0 Å². The summed E-state index contributed by atoms with van der Waals surface area (Å²) in [6.07, 6.45) is 4.34. The van der Waals surface area contributed by atoms with Crippen molar-refractivity contribution >= 4 is 11.8 Å². The fourth-order valence-corrected chi connectivity index (χ4v) is 3.36. The molecule has 184 valence electrons. The Morgan fingerprint density at radius 2 is 1.85 bits per heavy atom. The molecule has 11 nitrogen and oxygen atoms in total. The van der Waals surface area contributed by atoms with Gasteiger partial charge in [-0.1, -0.05) is 18.2 Å². The van der Waals surface area contributed by atoms with E-state index in [2.05, 4.69) is 27.5 Å². The number of hydrogen-bond acceptors (Lipinski definition) is 7. The monoisotopic (exact) mass is 471 g/mol. The zero-order chi connectivity index (χ0) is 24.4. The normalized spacial score (nSPS) is 10.8. The van der Waals surface area contributed by atoms with E-state index < -0.39 is 0 Å². The van der Waals surface area contributed by atoms with Crippen LogP contribution in [-0.2, 0) is 18.3 Å². The van der Waals surface area contributed by atoms with Gasteiger partial charge in [-0.3, -0.25) is 31.4 Å². The molecule has 11 heteroatoms. The molecule has 3 rings (SSSR count). The molecule has 2 aromatic carbocycles. The van der Waals surface area contributed by atoms with Crippen LogP contribution in [0.15, 0.2) is 54.9 Å². The molecule has 10 N–H and O–H groups in total. The van der Waals surface area contributed by atoms with Crippen LogP contribution < -0.4 is 33.0 Å². The van der Waals surface area contributed by atoms with Gasteiger partial charge in [-0.25, -0.2) is 5.84 Å². The molecule has 1 heterocycles. The molecular formula is C23H33N7O4. The summed E-state index contributed by atoms with van der Waals surface area (Å²) in [5, 5.41) is 7.28. The lowest BCUT2D eigenvalue weighted by atomic mass is 9.99. The SMILES string of the molecule is COc1cc(-c2cnn(C)c2)cc([C@@H](C)NC(=O)c2ccccc2CCC(=O)NN)c1.NN.O. The number of methoxy groups -OCH3 is 1. The van der Waals surface area contributed by atoms with Crippen LogP contribution in [0.25, 0.3) is 11.1 Å². The largest absolute Gasteiger partial charge is 0.497 e. The van der Waals surface area contributed by atoms with Crippen LogP contribution in [0.3, 0.4) is 0 Å². The van der Waals surface area contributed by atoms with E-state index in [0.29, 0.717) is 17.7 Å². The number of hydrogen-bond donors (Lipinski definition) is 5. The molecule has 2 amide bonds. The standard InChI is InChI=1S/C23H27N5O3.H4N2.H2O/c1-15(17-10-18(12-20(11-17)31-3)19-13-25-28(2)14-19)26-23(30)21-7-5-4-6-16(21)8-9-22(29)27-24;1-2;/h4-7,10-15H,8-9,24H2,1-3H3,(H,26,30)(H,27,29);1-2H2;1H2/t15-;;/m1../s1. The minimum Gasteiger partial charge on any atom is -0.497 e. The number of carbonyl (C=O) groups excluding carboxylic acids is 2. The summed E-state index contributed by atoms with van der Waals surface area (Å²) in [4.78, 5) is 24.5. The third-order valence-electron chi connectivity index (χ3n) is 5.09. The van der Waals surface area contributed by atoms with E-state index in [1.165, 1.54) is 0 Å². The van der Waals surface area contributed by atoms with Crippen molar-refractivity contribution in [2.75, 3.05) is 7.11 Å². The fraction of sp³-hybridized carbons (Fsp3) is 0.261.